The van der Waals surface area contributed by atoms with Crippen LogP contribution in [0.4, 0.5) is 0 Å². The molecule has 0 saturated carbocycles. The van der Waals surface area contributed by atoms with E-state index < -0.39 is 0 Å². The Hall–Kier alpha value is -2.28. The predicted molar refractivity (Wildman–Crippen MR) is 81.3 cm³/mol. The standard InChI is InChI=1S/C18H18O/c1-3-6-14-8-5-9-16(12-14)17-13-15(7-4-2)10-11-18(17)19/h3-5,8-13,19H,1-2,6-7H2. The lowest BCUT2D eigenvalue weighted by molar-refractivity contribution is 0.477. The maximum atomic E-state index is 10.0. The third-order valence-electron chi connectivity index (χ3n) is 3.06. The molecule has 0 bridgehead atoms. The molecule has 0 spiro atoms. The van der Waals surface area contributed by atoms with E-state index in [9.17, 15) is 5.11 Å². The highest BCUT2D eigenvalue weighted by Crippen LogP contribution is 2.30. The van der Waals surface area contributed by atoms with Crippen LogP contribution in [0.15, 0.2) is 67.8 Å². The minimum absolute atomic E-state index is 0.309. The fraction of sp³-hybridized carbons (Fsp3) is 0.111. The molecule has 1 N–H and O–H groups in total. The molecule has 0 amide bonds. The second kappa shape index (κ2) is 6.05. The fourth-order valence-corrected chi connectivity index (χ4v) is 2.14. The van der Waals surface area contributed by atoms with E-state index in [0.29, 0.717) is 5.75 Å². The van der Waals surface area contributed by atoms with Crippen molar-refractivity contribution >= 4 is 0 Å². The summed E-state index contributed by atoms with van der Waals surface area (Å²) in [6.45, 7) is 7.50. The first kappa shape index (κ1) is 13.2. The monoisotopic (exact) mass is 250 g/mol. The molecule has 1 nitrogen and oxygen atoms in total. The van der Waals surface area contributed by atoms with Gasteiger partial charge in [-0.25, -0.2) is 0 Å². The molecule has 0 radical (unpaired) electrons. The summed E-state index contributed by atoms with van der Waals surface area (Å²) in [5.74, 6) is 0.309. The van der Waals surface area contributed by atoms with Gasteiger partial charge in [0, 0.05) is 5.56 Å². The molecule has 0 aliphatic heterocycles. The maximum Gasteiger partial charge on any atom is 0.123 e. The van der Waals surface area contributed by atoms with Gasteiger partial charge in [-0.05, 0) is 41.7 Å². The van der Waals surface area contributed by atoms with Gasteiger partial charge >= 0.3 is 0 Å². The van der Waals surface area contributed by atoms with Gasteiger partial charge < -0.3 is 5.11 Å². The van der Waals surface area contributed by atoms with Crippen LogP contribution in [0.5, 0.6) is 5.75 Å². The zero-order chi connectivity index (χ0) is 13.7. The van der Waals surface area contributed by atoms with Crippen molar-refractivity contribution in [1.29, 1.82) is 0 Å². The van der Waals surface area contributed by atoms with Gasteiger partial charge in [-0.1, -0.05) is 42.5 Å². The van der Waals surface area contributed by atoms with E-state index in [1.807, 2.05) is 36.4 Å². The molecule has 0 unspecified atom stereocenters. The number of rotatable bonds is 5. The van der Waals surface area contributed by atoms with Crippen LogP contribution in [0.25, 0.3) is 11.1 Å². The van der Waals surface area contributed by atoms with Gasteiger partial charge in [0.05, 0.1) is 0 Å². The number of phenols is 1. The molecular formula is C18H18O. The van der Waals surface area contributed by atoms with Gasteiger partial charge in [0.25, 0.3) is 0 Å². The molecule has 2 aromatic rings. The average Bonchev–Trinajstić information content (AvgIpc) is 2.42. The molecule has 1 heteroatoms. The van der Waals surface area contributed by atoms with Crippen LogP contribution in [-0.2, 0) is 12.8 Å². The van der Waals surface area contributed by atoms with Gasteiger partial charge in [0.15, 0.2) is 0 Å². The van der Waals surface area contributed by atoms with Crippen LogP contribution >= 0.6 is 0 Å². The lowest BCUT2D eigenvalue weighted by atomic mass is 9.98. The summed E-state index contributed by atoms with van der Waals surface area (Å²) in [5.41, 5.74) is 4.24. The Bertz CT molecular complexity index is 596. The first-order valence-corrected chi connectivity index (χ1v) is 6.37. The second-order valence-corrected chi connectivity index (χ2v) is 4.54. The summed E-state index contributed by atoms with van der Waals surface area (Å²) in [6, 6.07) is 13.9. The van der Waals surface area contributed by atoms with Crippen molar-refractivity contribution in [1.82, 2.24) is 0 Å². The van der Waals surface area contributed by atoms with Crippen molar-refractivity contribution in [3.8, 4) is 16.9 Å². The summed E-state index contributed by atoms with van der Waals surface area (Å²) in [5, 5.41) is 10.0. The molecule has 0 fully saturated rings. The van der Waals surface area contributed by atoms with Gasteiger partial charge in [-0.2, -0.15) is 0 Å². The predicted octanol–water partition coefficient (Wildman–Crippen LogP) is 4.52. The molecule has 19 heavy (non-hydrogen) atoms. The summed E-state index contributed by atoms with van der Waals surface area (Å²) >= 11 is 0. The van der Waals surface area contributed by atoms with Crippen molar-refractivity contribution in [2.75, 3.05) is 0 Å². The normalized spacial score (nSPS) is 10.1. The smallest absolute Gasteiger partial charge is 0.123 e. The molecule has 0 aliphatic rings. The highest BCUT2D eigenvalue weighted by Gasteiger charge is 2.06. The Balaban J connectivity index is 2.44. The van der Waals surface area contributed by atoms with Crippen molar-refractivity contribution in [2.24, 2.45) is 0 Å². The van der Waals surface area contributed by atoms with E-state index in [1.54, 1.807) is 6.07 Å². The first-order chi connectivity index (χ1) is 9.24. The average molecular weight is 250 g/mol. The first-order valence-electron chi connectivity index (χ1n) is 6.37. The van der Waals surface area contributed by atoms with E-state index >= 15 is 0 Å². The summed E-state index contributed by atoms with van der Waals surface area (Å²) < 4.78 is 0. The van der Waals surface area contributed by atoms with Crippen LogP contribution in [0.2, 0.25) is 0 Å². The Labute approximate surface area is 114 Å². The molecule has 0 atom stereocenters. The van der Waals surface area contributed by atoms with Crippen LogP contribution in [-0.4, -0.2) is 5.11 Å². The Morgan fingerprint density at radius 3 is 2.26 bits per heavy atom. The van der Waals surface area contributed by atoms with Gasteiger partial charge in [-0.15, -0.1) is 13.2 Å². The second-order valence-electron chi connectivity index (χ2n) is 4.54. The number of hydrogen-bond donors (Lipinski definition) is 1. The third-order valence-corrected chi connectivity index (χ3v) is 3.06. The van der Waals surface area contributed by atoms with Gasteiger partial charge in [0.2, 0.25) is 0 Å². The lowest BCUT2D eigenvalue weighted by Crippen LogP contribution is -1.87. The molecule has 0 heterocycles. The van der Waals surface area contributed by atoms with Crippen molar-refractivity contribution in [2.45, 2.75) is 12.8 Å². The number of aromatic hydroxyl groups is 1. The zero-order valence-electron chi connectivity index (χ0n) is 11.0. The minimum Gasteiger partial charge on any atom is -0.507 e. The Kier molecular flexibility index (Phi) is 4.19. The molecule has 0 aromatic heterocycles. The third kappa shape index (κ3) is 3.14. The topological polar surface area (TPSA) is 20.2 Å². The fourth-order valence-electron chi connectivity index (χ4n) is 2.14. The van der Waals surface area contributed by atoms with Crippen LogP contribution in [0, 0.1) is 0 Å². The van der Waals surface area contributed by atoms with Crippen molar-refractivity contribution < 1.29 is 5.11 Å². The lowest BCUT2D eigenvalue weighted by Gasteiger charge is -2.08. The molecule has 0 saturated heterocycles. The van der Waals surface area contributed by atoms with E-state index in [1.165, 1.54) is 5.56 Å². The number of allylic oxidation sites excluding steroid dienone is 2. The van der Waals surface area contributed by atoms with Crippen LogP contribution in [0.3, 0.4) is 0 Å². The van der Waals surface area contributed by atoms with E-state index in [-0.39, 0.29) is 0 Å². The Morgan fingerprint density at radius 2 is 1.58 bits per heavy atom. The quantitative estimate of drug-likeness (QED) is 0.774. The maximum absolute atomic E-state index is 10.0. The molecule has 2 rings (SSSR count). The van der Waals surface area contributed by atoms with E-state index in [2.05, 4.69) is 25.3 Å². The summed E-state index contributed by atoms with van der Waals surface area (Å²) in [7, 11) is 0. The zero-order valence-corrected chi connectivity index (χ0v) is 11.0. The molecule has 2 aromatic carbocycles. The molecule has 0 aliphatic carbocycles. The molecular weight excluding hydrogens is 232 g/mol. The number of benzene rings is 2. The summed E-state index contributed by atoms with van der Waals surface area (Å²) in [4.78, 5) is 0. The largest absolute Gasteiger partial charge is 0.507 e. The minimum atomic E-state index is 0.309. The molecule has 96 valence electrons. The van der Waals surface area contributed by atoms with Crippen molar-refractivity contribution in [3.05, 3.63) is 78.9 Å². The SMILES string of the molecule is C=CCc1cccc(-c2cc(CC=C)ccc2O)c1. The number of phenolic OH excluding ortho intramolecular Hbond substituents is 1. The van der Waals surface area contributed by atoms with Gasteiger partial charge in [-0.3, -0.25) is 0 Å². The number of hydrogen-bond acceptors (Lipinski definition) is 1. The summed E-state index contributed by atoms with van der Waals surface area (Å²) in [6.07, 6.45) is 5.39. The highest BCUT2D eigenvalue weighted by molar-refractivity contribution is 5.71. The Morgan fingerprint density at radius 1 is 0.895 bits per heavy atom. The van der Waals surface area contributed by atoms with Crippen LogP contribution in [0.1, 0.15) is 11.1 Å². The van der Waals surface area contributed by atoms with E-state index in [0.717, 1.165) is 29.5 Å². The van der Waals surface area contributed by atoms with Crippen LogP contribution < -0.4 is 0 Å². The van der Waals surface area contributed by atoms with Gasteiger partial charge in [0.1, 0.15) is 5.75 Å². The van der Waals surface area contributed by atoms with E-state index in [4.69, 9.17) is 0 Å². The van der Waals surface area contributed by atoms with Crippen molar-refractivity contribution in [3.63, 3.8) is 0 Å². The highest BCUT2D eigenvalue weighted by atomic mass is 16.3.